The maximum atomic E-state index is 13.9. The number of methoxy groups -OCH3 is 1. The van der Waals surface area contributed by atoms with Crippen LogP contribution in [0.2, 0.25) is 0 Å². The average molecular weight is 455 g/mol. The first-order valence-corrected chi connectivity index (χ1v) is 12.0. The lowest BCUT2D eigenvalue weighted by Gasteiger charge is -2.33. The molecule has 2 saturated heterocycles. The van der Waals surface area contributed by atoms with Crippen LogP contribution >= 0.6 is 0 Å². The van der Waals surface area contributed by atoms with Crippen molar-refractivity contribution in [3.63, 3.8) is 0 Å². The minimum absolute atomic E-state index is 0.0918. The van der Waals surface area contributed by atoms with Crippen molar-refractivity contribution in [2.75, 3.05) is 39.8 Å². The third-order valence-electron chi connectivity index (χ3n) is 6.77. The van der Waals surface area contributed by atoms with Gasteiger partial charge in [0.1, 0.15) is 0 Å². The van der Waals surface area contributed by atoms with Crippen LogP contribution in [-0.4, -0.2) is 61.7 Å². The van der Waals surface area contributed by atoms with Crippen LogP contribution in [0.15, 0.2) is 48.5 Å². The summed E-state index contributed by atoms with van der Waals surface area (Å²) < 4.78 is 18.9. The predicted molar refractivity (Wildman–Crippen MR) is 128 cm³/mol. The van der Waals surface area contributed by atoms with Gasteiger partial charge in [0.2, 0.25) is 0 Å². The Morgan fingerprint density at radius 3 is 2.48 bits per heavy atom. The van der Waals surface area contributed by atoms with Gasteiger partial charge in [-0.15, -0.1) is 0 Å². The minimum Gasteiger partial charge on any atom is -0.494 e. The Bertz CT molecular complexity index is 896. The van der Waals surface area contributed by atoms with Crippen LogP contribution in [0.3, 0.4) is 0 Å². The summed E-state index contributed by atoms with van der Waals surface area (Å²) >= 11 is 0. The van der Waals surface area contributed by atoms with E-state index in [2.05, 4.69) is 44.7 Å². The molecule has 2 aromatic rings. The van der Waals surface area contributed by atoms with Gasteiger partial charge in [0, 0.05) is 32.2 Å². The van der Waals surface area contributed by atoms with Gasteiger partial charge in [0.25, 0.3) is 0 Å². The zero-order valence-electron chi connectivity index (χ0n) is 19.4. The van der Waals surface area contributed by atoms with Crippen molar-refractivity contribution in [1.82, 2.24) is 20.4 Å². The Balaban J connectivity index is 1.22. The predicted octanol–water partition coefficient (Wildman–Crippen LogP) is 3.94. The summed E-state index contributed by atoms with van der Waals surface area (Å²) in [4.78, 5) is 17.4. The Morgan fingerprint density at radius 2 is 1.82 bits per heavy atom. The molecule has 2 amide bonds. The second-order valence-corrected chi connectivity index (χ2v) is 9.04. The number of likely N-dealkylation sites (tertiary alicyclic amines) is 2. The van der Waals surface area contributed by atoms with Crippen molar-refractivity contribution in [1.29, 1.82) is 0 Å². The average Bonchev–Trinajstić information content (AvgIpc) is 3.36. The summed E-state index contributed by atoms with van der Waals surface area (Å²) in [6.07, 6.45) is 4.22. The molecule has 6 nitrogen and oxygen atoms in total. The summed E-state index contributed by atoms with van der Waals surface area (Å²) in [5.74, 6) is -0.0575. The van der Waals surface area contributed by atoms with Crippen molar-refractivity contribution in [2.24, 2.45) is 0 Å². The van der Waals surface area contributed by atoms with Crippen LogP contribution < -0.4 is 15.4 Å². The molecule has 2 aromatic carbocycles. The highest BCUT2D eigenvalue weighted by atomic mass is 19.1. The molecule has 0 radical (unpaired) electrons. The lowest BCUT2D eigenvalue weighted by molar-refractivity contribution is 0.184. The lowest BCUT2D eigenvalue weighted by Crippen LogP contribution is -2.49. The minimum atomic E-state index is -0.328. The number of carbonyl (C=O) groups is 1. The van der Waals surface area contributed by atoms with Gasteiger partial charge in [-0.25, -0.2) is 9.18 Å². The summed E-state index contributed by atoms with van der Waals surface area (Å²) in [5.41, 5.74) is 2.19. The number of hydrogen-bond donors (Lipinski definition) is 2. The second kappa shape index (κ2) is 11.5. The number of ether oxygens (including phenoxy) is 1. The summed E-state index contributed by atoms with van der Waals surface area (Å²) in [6, 6.07) is 15.9. The van der Waals surface area contributed by atoms with E-state index in [1.54, 1.807) is 12.1 Å². The molecule has 2 heterocycles. The molecule has 7 heteroatoms. The molecule has 2 aliphatic heterocycles. The first kappa shape index (κ1) is 23.5. The Morgan fingerprint density at radius 1 is 1.09 bits per heavy atom. The first-order valence-electron chi connectivity index (χ1n) is 12.0. The molecule has 0 bridgehead atoms. The van der Waals surface area contributed by atoms with Crippen molar-refractivity contribution in [3.05, 3.63) is 65.5 Å². The van der Waals surface area contributed by atoms with E-state index >= 15 is 0 Å². The number of benzene rings is 2. The molecule has 2 aliphatic rings. The fourth-order valence-corrected chi connectivity index (χ4v) is 4.91. The van der Waals surface area contributed by atoms with Gasteiger partial charge in [-0.1, -0.05) is 36.4 Å². The molecule has 0 aromatic heterocycles. The van der Waals surface area contributed by atoms with E-state index in [9.17, 15) is 9.18 Å². The molecular weight excluding hydrogens is 419 g/mol. The Hall–Kier alpha value is -2.64. The third-order valence-corrected chi connectivity index (χ3v) is 6.77. The number of amides is 2. The summed E-state index contributed by atoms with van der Waals surface area (Å²) in [6.45, 7) is 5.23. The van der Waals surface area contributed by atoms with Gasteiger partial charge < -0.3 is 15.4 Å². The fourth-order valence-electron chi connectivity index (χ4n) is 4.91. The number of carbonyl (C=O) groups excluding carboxylic acids is 1. The van der Waals surface area contributed by atoms with Crippen LogP contribution in [0.5, 0.6) is 5.75 Å². The van der Waals surface area contributed by atoms with Crippen LogP contribution in [0.4, 0.5) is 9.18 Å². The molecule has 2 N–H and O–H groups in total. The zero-order chi connectivity index (χ0) is 23.0. The maximum absolute atomic E-state index is 13.9. The van der Waals surface area contributed by atoms with Crippen LogP contribution in [-0.2, 0) is 6.54 Å². The lowest BCUT2D eigenvalue weighted by atomic mass is 10.0. The van der Waals surface area contributed by atoms with E-state index in [1.165, 1.54) is 25.5 Å². The van der Waals surface area contributed by atoms with Crippen LogP contribution in [0.1, 0.15) is 42.9 Å². The van der Waals surface area contributed by atoms with Crippen molar-refractivity contribution >= 4 is 6.03 Å². The smallest absolute Gasteiger partial charge is 0.315 e. The van der Waals surface area contributed by atoms with Crippen molar-refractivity contribution < 1.29 is 13.9 Å². The maximum Gasteiger partial charge on any atom is 0.315 e. The Labute approximate surface area is 196 Å². The molecule has 1 unspecified atom stereocenters. The van der Waals surface area contributed by atoms with Gasteiger partial charge in [-0.3, -0.25) is 9.80 Å². The number of nitrogens with one attached hydrogen (secondary N) is 2. The topological polar surface area (TPSA) is 56.8 Å². The number of halogens is 1. The number of rotatable bonds is 8. The number of piperidine rings is 1. The number of urea groups is 1. The van der Waals surface area contributed by atoms with Gasteiger partial charge in [0.05, 0.1) is 13.2 Å². The fraction of sp³-hybridized carbons (Fsp3) is 0.500. The largest absolute Gasteiger partial charge is 0.494 e. The van der Waals surface area contributed by atoms with E-state index in [0.29, 0.717) is 13.1 Å². The first-order chi connectivity index (χ1) is 16.1. The molecule has 4 rings (SSSR count). The number of nitrogens with zero attached hydrogens (tertiary/aromatic N) is 2. The SMILES string of the molecule is COc1ccc(CN2CCC(NC(=O)NCC(c3ccccc3)N3CCCC3)CC2)cc1F. The van der Waals surface area contributed by atoms with Gasteiger partial charge >= 0.3 is 6.03 Å². The summed E-state index contributed by atoms with van der Waals surface area (Å²) in [5, 5.41) is 6.27. The molecule has 1 atom stereocenters. The molecule has 0 saturated carbocycles. The van der Waals surface area contributed by atoms with Crippen molar-refractivity contribution in [3.8, 4) is 5.75 Å². The highest BCUT2D eigenvalue weighted by molar-refractivity contribution is 5.74. The second-order valence-electron chi connectivity index (χ2n) is 9.04. The molecular formula is C26H35FN4O2. The number of hydrogen-bond acceptors (Lipinski definition) is 4. The van der Waals surface area contributed by atoms with Gasteiger partial charge in [0.15, 0.2) is 11.6 Å². The zero-order valence-corrected chi connectivity index (χ0v) is 19.4. The van der Waals surface area contributed by atoms with E-state index < -0.39 is 0 Å². The highest BCUT2D eigenvalue weighted by Gasteiger charge is 2.25. The van der Waals surface area contributed by atoms with E-state index in [4.69, 9.17) is 4.74 Å². The molecule has 178 valence electrons. The van der Waals surface area contributed by atoms with Crippen LogP contribution in [0.25, 0.3) is 0 Å². The van der Waals surface area contributed by atoms with Gasteiger partial charge in [-0.2, -0.15) is 0 Å². The Kier molecular flexibility index (Phi) is 8.18. The summed E-state index contributed by atoms with van der Waals surface area (Å²) in [7, 11) is 1.47. The molecule has 0 spiro atoms. The van der Waals surface area contributed by atoms with Crippen LogP contribution in [0, 0.1) is 5.82 Å². The third kappa shape index (κ3) is 6.45. The molecule has 2 fully saturated rings. The van der Waals surface area contributed by atoms with E-state index in [-0.39, 0.29) is 29.7 Å². The standard InChI is InChI=1S/C26H35FN4O2/c1-33-25-10-9-20(17-23(25)27)19-30-15-11-22(12-16-30)29-26(32)28-18-24(31-13-5-6-14-31)21-7-3-2-4-8-21/h2-4,7-10,17,22,24H,5-6,11-16,18-19H2,1H3,(H2,28,29,32). The van der Waals surface area contributed by atoms with E-state index in [0.717, 1.165) is 44.6 Å². The highest BCUT2D eigenvalue weighted by Crippen LogP contribution is 2.24. The normalized spacial score (nSPS) is 18.7. The quantitative estimate of drug-likeness (QED) is 0.635. The molecule has 0 aliphatic carbocycles. The monoisotopic (exact) mass is 454 g/mol. The van der Waals surface area contributed by atoms with Crippen molar-refractivity contribution in [2.45, 2.75) is 44.3 Å². The molecule has 33 heavy (non-hydrogen) atoms. The van der Waals surface area contributed by atoms with E-state index in [1.807, 2.05) is 12.1 Å². The van der Waals surface area contributed by atoms with Gasteiger partial charge in [-0.05, 0) is 62.0 Å².